The molecule has 1 N–H and O–H groups in total. The molecule has 2 aromatic rings. The smallest absolute Gasteiger partial charge is 0.313 e. The lowest BCUT2D eigenvalue weighted by Gasteiger charge is -2.10. The Morgan fingerprint density at radius 3 is 3.00 bits per heavy atom. The van der Waals surface area contributed by atoms with Gasteiger partial charge in [0.05, 0.1) is 11.1 Å². The van der Waals surface area contributed by atoms with Crippen molar-refractivity contribution in [1.29, 1.82) is 0 Å². The van der Waals surface area contributed by atoms with Gasteiger partial charge in [0.15, 0.2) is 5.16 Å². The molecule has 0 spiro atoms. The molecule has 0 amide bonds. The third-order valence-electron chi connectivity index (χ3n) is 2.69. The maximum atomic E-state index is 12.4. The van der Waals surface area contributed by atoms with Gasteiger partial charge in [-0.1, -0.05) is 11.8 Å². The highest BCUT2D eigenvalue weighted by Crippen LogP contribution is 2.21. The summed E-state index contributed by atoms with van der Waals surface area (Å²) in [6.07, 6.45) is 2.20. The molecule has 114 valence electrons. The Hall–Kier alpha value is -1.19. The van der Waals surface area contributed by atoms with Crippen LogP contribution in [0.4, 0.5) is 0 Å². The van der Waals surface area contributed by atoms with E-state index in [4.69, 9.17) is 5.11 Å². The molecule has 0 radical (unpaired) electrons. The van der Waals surface area contributed by atoms with E-state index in [0.717, 1.165) is 11.8 Å². The van der Waals surface area contributed by atoms with Crippen LogP contribution in [-0.2, 0) is 22.1 Å². The van der Waals surface area contributed by atoms with Crippen molar-refractivity contribution in [2.45, 2.75) is 18.1 Å². The number of hydrogen-bond donors (Lipinski definition) is 1. The lowest BCUT2D eigenvalue weighted by molar-refractivity contribution is -0.133. The van der Waals surface area contributed by atoms with Gasteiger partial charge in [0.25, 0.3) is 5.56 Å². The van der Waals surface area contributed by atoms with Gasteiger partial charge in [0, 0.05) is 29.4 Å². The largest absolute Gasteiger partial charge is 0.481 e. The molecule has 0 aliphatic carbocycles. The van der Waals surface area contributed by atoms with Gasteiger partial charge in [-0.25, -0.2) is 4.98 Å². The first-order valence-corrected chi connectivity index (χ1v) is 9.71. The van der Waals surface area contributed by atoms with Gasteiger partial charge in [-0.3, -0.25) is 18.4 Å². The number of carboxylic acids is 1. The molecule has 2 rings (SSSR count). The van der Waals surface area contributed by atoms with Crippen LogP contribution in [0.15, 0.2) is 21.4 Å². The Morgan fingerprint density at radius 2 is 2.33 bits per heavy atom. The van der Waals surface area contributed by atoms with Crippen LogP contribution in [-0.4, -0.2) is 42.6 Å². The maximum Gasteiger partial charge on any atom is 0.313 e. The van der Waals surface area contributed by atoms with Crippen LogP contribution in [0, 0.1) is 0 Å². The molecule has 21 heavy (non-hydrogen) atoms. The zero-order chi connectivity index (χ0) is 15.4. The highest BCUT2D eigenvalue weighted by Gasteiger charge is 2.13. The molecule has 0 fully saturated rings. The van der Waals surface area contributed by atoms with E-state index in [1.54, 1.807) is 17.7 Å². The minimum Gasteiger partial charge on any atom is -0.481 e. The first-order chi connectivity index (χ1) is 9.99. The Bertz CT molecular complexity index is 738. The van der Waals surface area contributed by atoms with Gasteiger partial charge < -0.3 is 5.11 Å². The second-order valence-corrected chi connectivity index (χ2v) is 7.70. The fraction of sp³-hybridized carbons (Fsp3) is 0.417. The van der Waals surface area contributed by atoms with Crippen molar-refractivity contribution < 1.29 is 14.1 Å². The van der Waals surface area contributed by atoms with Crippen molar-refractivity contribution in [1.82, 2.24) is 9.55 Å². The fourth-order valence-electron chi connectivity index (χ4n) is 1.79. The second-order valence-electron chi connectivity index (χ2n) is 4.30. The lowest BCUT2D eigenvalue weighted by Crippen LogP contribution is -2.24. The van der Waals surface area contributed by atoms with E-state index in [0.29, 0.717) is 34.1 Å². The fourth-order valence-corrected chi connectivity index (χ4v) is 3.88. The quantitative estimate of drug-likeness (QED) is 0.602. The molecule has 1 atom stereocenters. The third-order valence-corrected chi connectivity index (χ3v) is 5.32. The zero-order valence-electron chi connectivity index (χ0n) is 11.3. The lowest BCUT2D eigenvalue weighted by atomic mass is 10.4. The van der Waals surface area contributed by atoms with Crippen LogP contribution in [0.1, 0.15) is 6.42 Å². The minimum atomic E-state index is -0.957. The summed E-state index contributed by atoms with van der Waals surface area (Å²) in [6, 6.07) is 1.72. The number of aromatic nitrogens is 2. The monoisotopic (exact) mass is 346 g/mol. The van der Waals surface area contributed by atoms with Gasteiger partial charge in [0.2, 0.25) is 0 Å². The summed E-state index contributed by atoms with van der Waals surface area (Å²) in [4.78, 5) is 28.1. The van der Waals surface area contributed by atoms with E-state index in [-0.39, 0.29) is 11.3 Å². The molecule has 0 saturated heterocycles. The zero-order valence-corrected chi connectivity index (χ0v) is 13.7. The molecule has 0 aliphatic rings. The second kappa shape index (κ2) is 7.19. The van der Waals surface area contributed by atoms with Gasteiger partial charge in [-0.2, -0.15) is 0 Å². The van der Waals surface area contributed by atoms with E-state index in [2.05, 4.69) is 4.98 Å². The number of fused-ring (bicyclic) bond motifs is 1. The van der Waals surface area contributed by atoms with Crippen LogP contribution in [0.25, 0.3) is 10.2 Å². The molecule has 0 saturated carbocycles. The molecular weight excluding hydrogens is 332 g/mol. The van der Waals surface area contributed by atoms with E-state index < -0.39 is 16.8 Å². The summed E-state index contributed by atoms with van der Waals surface area (Å²) in [5.74, 6) is -0.609. The molecule has 0 bridgehead atoms. The van der Waals surface area contributed by atoms with Crippen molar-refractivity contribution in [3.8, 4) is 0 Å². The van der Waals surface area contributed by atoms with Gasteiger partial charge in [-0.15, -0.1) is 11.3 Å². The first kappa shape index (κ1) is 16.2. The molecule has 0 aliphatic heterocycles. The van der Waals surface area contributed by atoms with Gasteiger partial charge >= 0.3 is 5.97 Å². The number of rotatable bonds is 7. The molecular formula is C12H14N2O4S3. The van der Waals surface area contributed by atoms with Crippen molar-refractivity contribution in [2.75, 3.05) is 17.8 Å². The van der Waals surface area contributed by atoms with Crippen LogP contribution in [0.2, 0.25) is 0 Å². The molecule has 1 unspecified atom stereocenters. The number of nitrogens with zero attached hydrogens (tertiary/aromatic N) is 2. The third kappa shape index (κ3) is 4.14. The van der Waals surface area contributed by atoms with E-state index in [1.165, 1.54) is 15.9 Å². The first-order valence-electron chi connectivity index (χ1n) is 6.11. The number of carboxylic acid groups (broad SMARTS) is 1. The predicted molar refractivity (Wildman–Crippen MR) is 85.8 cm³/mol. The molecule has 6 nitrogen and oxygen atoms in total. The molecule has 2 heterocycles. The summed E-state index contributed by atoms with van der Waals surface area (Å²) in [5.41, 5.74) is -0.170. The van der Waals surface area contributed by atoms with E-state index >= 15 is 0 Å². The maximum absolute atomic E-state index is 12.4. The van der Waals surface area contributed by atoms with Crippen molar-refractivity contribution >= 4 is 50.1 Å². The Kier molecular flexibility index (Phi) is 5.54. The average molecular weight is 346 g/mol. The van der Waals surface area contributed by atoms with Crippen molar-refractivity contribution in [2.24, 2.45) is 0 Å². The average Bonchev–Trinajstić information content (AvgIpc) is 2.87. The number of thiophene rings is 1. The summed E-state index contributed by atoms with van der Waals surface area (Å²) in [6.45, 7) is 0.388. The van der Waals surface area contributed by atoms with Crippen molar-refractivity contribution in [3.63, 3.8) is 0 Å². The SMILES string of the molecule is CS(=O)CCCn1c(SCC(=O)O)nc2sccc2c1=O. The standard InChI is InChI=1S/C12H14N2O4S3/c1-21(18)6-2-4-14-11(17)8-3-5-19-10(8)13-12(14)20-7-9(15)16/h3,5H,2,4,6-7H2,1H3,(H,15,16). The summed E-state index contributed by atoms with van der Waals surface area (Å²) in [5, 5.41) is 11.5. The normalized spacial score (nSPS) is 12.6. The van der Waals surface area contributed by atoms with Gasteiger partial charge in [-0.05, 0) is 17.9 Å². The highest BCUT2D eigenvalue weighted by atomic mass is 32.2. The molecule has 2 aromatic heterocycles. The number of carbonyl (C=O) groups is 1. The highest BCUT2D eigenvalue weighted by molar-refractivity contribution is 7.99. The number of thioether (sulfide) groups is 1. The van der Waals surface area contributed by atoms with Crippen molar-refractivity contribution in [3.05, 3.63) is 21.8 Å². The number of hydrogen-bond acceptors (Lipinski definition) is 6. The Balaban J connectivity index is 2.34. The van der Waals surface area contributed by atoms with E-state index in [1.807, 2.05) is 0 Å². The van der Waals surface area contributed by atoms with Crippen LogP contribution < -0.4 is 5.56 Å². The summed E-state index contributed by atoms with van der Waals surface area (Å²) >= 11 is 2.38. The molecule has 0 aromatic carbocycles. The summed E-state index contributed by atoms with van der Waals surface area (Å²) < 4.78 is 12.6. The van der Waals surface area contributed by atoms with Gasteiger partial charge in [0.1, 0.15) is 4.83 Å². The van der Waals surface area contributed by atoms with Crippen LogP contribution in [0.5, 0.6) is 0 Å². The predicted octanol–water partition coefficient (Wildman–Crippen LogP) is 1.40. The minimum absolute atomic E-state index is 0.150. The topological polar surface area (TPSA) is 89.3 Å². The Morgan fingerprint density at radius 1 is 1.57 bits per heavy atom. The number of aliphatic carboxylic acids is 1. The van der Waals surface area contributed by atoms with Crippen LogP contribution in [0.3, 0.4) is 0 Å². The van der Waals surface area contributed by atoms with Crippen LogP contribution >= 0.6 is 23.1 Å². The Labute approximate surface area is 131 Å². The summed E-state index contributed by atoms with van der Waals surface area (Å²) in [7, 11) is -0.918. The molecule has 9 heteroatoms. The van der Waals surface area contributed by atoms with E-state index in [9.17, 15) is 13.8 Å².